The van der Waals surface area contributed by atoms with Gasteiger partial charge in [0, 0.05) is 36.2 Å². The maximum Gasteiger partial charge on any atom is 0.311 e. The summed E-state index contributed by atoms with van der Waals surface area (Å²) in [5.74, 6) is -0.0926. The lowest BCUT2D eigenvalue weighted by Crippen LogP contribution is -2.49. The van der Waals surface area contributed by atoms with Crippen molar-refractivity contribution >= 4 is 34.1 Å². The van der Waals surface area contributed by atoms with E-state index in [1.807, 2.05) is 24.3 Å². The lowest BCUT2D eigenvalue weighted by atomic mass is 9.76. The van der Waals surface area contributed by atoms with E-state index in [0.717, 1.165) is 30.5 Å². The van der Waals surface area contributed by atoms with Gasteiger partial charge in [-0.15, -0.1) is 0 Å². The number of benzene rings is 3. The molecule has 10 heteroatoms. The number of non-ortho nitro benzene ring substituents is 1. The second kappa shape index (κ2) is 10.7. The van der Waals surface area contributed by atoms with E-state index >= 15 is 0 Å². The molecule has 2 unspecified atom stereocenters. The van der Waals surface area contributed by atoms with Crippen molar-refractivity contribution in [2.24, 2.45) is 5.92 Å². The van der Waals surface area contributed by atoms with Crippen LogP contribution in [-0.2, 0) is 16.0 Å². The summed E-state index contributed by atoms with van der Waals surface area (Å²) in [5, 5.41) is 21.9. The SMILES string of the molecule is Cc1ccc([C@H]2C[C@H]3CCC(C2C(=O)OCCc2ccc(Nc4ccc([N+](=O)[O-])c5nonc45)cc2)N3C)cc1. The molecule has 0 saturated carbocycles. The van der Waals surface area contributed by atoms with Gasteiger partial charge in [0.05, 0.1) is 23.1 Å². The highest BCUT2D eigenvalue weighted by molar-refractivity contribution is 5.94. The summed E-state index contributed by atoms with van der Waals surface area (Å²) in [5.41, 5.74) is 5.03. The molecule has 0 radical (unpaired) electrons. The van der Waals surface area contributed by atoms with E-state index in [0.29, 0.717) is 24.8 Å². The van der Waals surface area contributed by atoms with Crippen molar-refractivity contribution in [3.05, 3.63) is 87.5 Å². The highest BCUT2D eigenvalue weighted by Crippen LogP contribution is 2.46. The van der Waals surface area contributed by atoms with Crippen LogP contribution >= 0.6 is 0 Å². The summed E-state index contributed by atoms with van der Waals surface area (Å²) >= 11 is 0. The molecule has 6 rings (SSSR count). The minimum absolute atomic E-state index is 0.0929. The van der Waals surface area contributed by atoms with Crippen LogP contribution in [0.1, 0.15) is 41.9 Å². The van der Waals surface area contributed by atoms with E-state index in [2.05, 4.69) is 58.8 Å². The Morgan fingerprint density at radius 1 is 1.07 bits per heavy atom. The Hall–Kier alpha value is -4.31. The van der Waals surface area contributed by atoms with E-state index < -0.39 is 4.92 Å². The van der Waals surface area contributed by atoms with Gasteiger partial charge in [-0.1, -0.05) is 42.0 Å². The zero-order valence-electron chi connectivity index (χ0n) is 22.4. The first-order valence-electron chi connectivity index (χ1n) is 13.6. The van der Waals surface area contributed by atoms with Crippen LogP contribution in [0.15, 0.2) is 65.3 Å². The third kappa shape index (κ3) is 4.90. The van der Waals surface area contributed by atoms with Crippen LogP contribution in [0.3, 0.4) is 0 Å². The molecular weight excluding hydrogens is 510 g/mol. The number of nitrogens with zero attached hydrogens (tertiary/aromatic N) is 4. The van der Waals surface area contributed by atoms with Crippen molar-refractivity contribution in [1.82, 2.24) is 15.2 Å². The molecule has 2 aliphatic rings. The van der Waals surface area contributed by atoms with Crippen molar-refractivity contribution in [2.45, 2.75) is 50.6 Å². The Balaban J connectivity index is 1.09. The number of rotatable bonds is 8. The summed E-state index contributed by atoms with van der Waals surface area (Å²) < 4.78 is 10.6. The fourth-order valence-corrected chi connectivity index (χ4v) is 6.32. The topological polar surface area (TPSA) is 124 Å². The molecule has 1 N–H and O–H groups in total. The molecule has 40 heavy (non-hydrogen) atoms. The van der Waals surface area contributed by atoms with Gasteiger partial charge in [0.25, 0.3) is 0 Å². The molecule has 2 aliphatic heterocycles. The lowest BCUT2D eigenvalue weighted by molar-refractivity contribution is -0.383. The number of nitrogens with one attached hydrogen (secondary N) is 1. The third-order valence-corrected chi connectivity index (χ3v) is 8.51. The third-order valence-electron chi connectivity index (χ3n) is 8.51. The first-order chi connectivity index (χ1) is 19.4. The molecule has 0 amide bonds. The number of aryl methyl sites for hydroxylation is 1. The summed E-state index contributed by atoms with van der Waals surface area (Å²) in [6.07, 6.45) is 3.75. The maximum atomic E-state index is 13.5. The molecule has 2 saturated heterocycles. The number of carbonyl (C=O) groups is 1. The van der Waals surface area contributed by atoms with Gasteiger partial charge in [0.15, 0.2) is 5.52 Å². The molecule has 4 atom stereocenters. The molecule has 10 nitrogen and oxygen atoms in total. The Morgan fingerprint density at radius 3 is 2.58 bits per heavy atom. The summed E-state index contributed by atoms with van der Waals surface area (Å²) in [6, 6.07) is 20.0. The van der Waals surface area contributed by atoms with Crippen LogP contribution in [0.2, 0.25) is 0 Å². The van der Waals surface area contributed by atoms with Gasteiger partial charge in [-0.05, 0) is 72.9 Å². The van der Waals surface area contributed by atoms with Crippen LogP contribution in [0.25, 0.3) is 11.0 Å². The maximum absolute atomic E-state index is 13.5. The van der Waals surface area contributed by atoms with Crippen LogP contribution in [0.4, 0.5) is 17.1 Å². The van der Waals surface area contributed by atoms with Gasteiger partial charge in [0.1, 0.15) is 0 Å². The largest absolute Gasteiger partial charge is 0.465 e. The lowest BCUT2D eigenvalue weighted by Gasteiger charge is -2.42. The van der Waals surface area contributed by atoms with E-state index in [9.17, 15) is 14.9 Å². The Morgan fingerprint density at radius 2 is 1.82 bits per heavy atom. The molecule has 2 fully saturated rings. The molecule has 2 bridgehead atoms. The molecule has 0 spiro atoms. The highest BCUT2D eigenvalue weighted by Gasteiger charge is 2.49. The Bertz CT molecular complexity index is 1530. The molecule has 3 aromatic carbocycles. The van der Waals surface area contributed by atoms with Crippen molar-refractivity contribution in [3.8, 4) is 0 Å². The van der Waals surface area contributed by atoms with E-state index in [4.69, 9.17) is 9.37 Å². The summed E-state index contributed by atoms with van der Waals surface area (Å²) in [6.45, 7) is 2.40. The molecule has 3 heterocycles. The number of carbonyl (C=O) groups excluding carboxylic acids is 1. The Kier molecular flexibility index (Phi) is 6.93. The summed E-state index contributed by atoms with van der Waals surface area (Å²) in [7, 11) is 2.14. The average molecular weight is 542 g/mol. The number of ether oxygens (including phenoxy) is 1. The molecule has 1 aromatic heterocycles. The molecule has 206 valence electrons. The predicted octanol–water partition coefficient (Wildman–Crippen LogP) is 5.54. The number of aromatic nitrogens is 2. The standard InChI is InChI=1S/C30H31N5O5/c1-18-3-7-20(8-4-18)23-17-22-11-13-25(34(22)2)27(23)30(36)39-16-15-19-5-9-21(10-6-19)31-24-12-14-26(35(37)38)29-28(24)32-40-33-29/h3-10,12,14,22-23,25,27,31H,11,13,15-17H2,1-2H3/t22-,23-,25?,27?/m1/s1. The van der Waals surface area contributed by atoms with E-state index in [-0.39, 0.29) is 40.6 Å². The van der Waals surface area contributed by atoms with Crippen molar-refractivity contribution in [3.63, 3.8) is 0 Å². The van der Waals surface area contributed by atoms with Crippen molar-refractivity contribution in [2.75, 3.05) is 19.0 Å². The highest BCUT2D eigenvalue weighted by atomic mass is 16.6. The number of nitro benzene ring substituents is 1. The second-order valence-corrected chi connectivity index (χ2v) is 10.8. The fraction of sp³-hybridized carbons (Fsp3) is 0.367. The molecule has 0 aliphatic carbocycles. The fourth-order valence-electron chi connectivity index (χ4n) is 6.32. The minimum Gasteiger partial charge on any atom is -0.465 e. The van der Waals surface area contributed by atoms with Gasteiger partial charge < -0.3 is 10.1 Å². The number of piperidine rings is 1. The number of anilines is 2. The number of fused-ring (bicyclic) bond motifs is 3. The number of nitro groups is 1. The average Bonchev–Trinajstić information content (AvgIpc) is 3.52. The second-order valence-electron chi connectivity index (χ2n) is 10.8. The van der Waals surface area contributed by atoms with Gasteiger partial charge in [-0.25, -0.2) is 4.63 Å². The van der Waals surface area contributed by atoms with E-state index in [1.54, 1.807) is 6.07 Å². The van der Waals surface area contributed by atoms with Crippen LogP contribution in [-0.4, -0.2) is 51.8 Å². The van der Waals surface area contributed by atoms with Crippen molar-refractivity contribution in [1.29, 1.82) is 0 Å². The monoisotopic (exact) mass is 541 g/mol. The smallest absolute Gasteiger partial charge is 0.311 e. The number of hydrogen-bond acceptors (Lipinski definition) is 9. The zero-order chi connectivity index (χ0) is 27.8. The predicted molar refractivity (Wildman–Crippen MR) is 149 cm³/mol. The minimum atomic E-state index is -0.516. The zero-order valence-corrected chi connectivity index (χ0v) is 22.4. The molecule has 4 aromatic rings. The van der Waals surface area contributed by atoms with Gasteiger partial charge in [-0.3, -0.25) is 19.8 Å². The number of hydrogen-bond donors (Lipinski definition) is 1. The molecular formula is C30H31N5O5. The van der Waals surface area contributed by atoms with Crippen molar-refractivity contribution < 1.29 is 19.1 Å². The Labute approximate surface area is 231 Å². The normalized spacial score (nSPS) is 22.4. The van der Waals surface area contributed by atoms with Gasteiger partial charge in [-0.2, -0.15) is 0 Å². The van der Waals surface area contributed by atoms with Crippen LogP contribution in [0, 0.1) is 23.0 Å². The van der Waals surface area contributed by atoms with Gasteiger partial charge in [0.2, 0.25) is 5.52 Å². The van der Waals surface area contributed by atoms with E-state index in [1.165, 1.54) is 17.2 Å². The number of esters is 1. The first-order valence-corrected chi connectivity index (χ1v) is 13.6. The van der Waals surface area contributed by atoms with Crippen LogP contribution < -0.4 is 5.32 Å². The van der Waals surface area contributed by atoms with Gasteiger partial charge >= 0.3 is 11.7 Å². The summed E-state index contributed by atoms with van der Waals surface area (Å²) in [4.78, 5) is 26.6. The first kappa shape index (κ1) is 25.9. The quantitative estimate of drug-likeness (QED) is 0.174. The van der Waals surface area contributed by atoms with Crippen LogP contribution in [0.5, 0.6) is 0 Å².